The van der Waals surface area contributed by atoms with Crippen molar-refractivity contribution in [2.24, 2.45) is 0 Å². The van der Waals surface area contributed by atoms with Gasteiger partial charge in [0.25, 0.3) is 0 Å². The van der Waals surface area contributed by atoms with Gasteiger partial charge >= 0.3 is 0 Å². The maximum Gasteiger partial charge on any atom is 0.164 e. The van der Waals surface area contributed by atoms with Gasteiger partial charge in [0.2, 0.25) is 0 Å². The van der Waals surface area contributed by atoms with Crippen molar-refractivity contribution in [3.63, 3.8) is 0 Å². The fourth-order valence-electron chi connectivity index (χ4n) is 21.9. The first kappa shape index (κ1) is 89.9. The van der Waals surface area contributed by atoms with Crippen molar-refractivity contribution < 1.29 is 0 Å². The molecule has 0 bridgehead atoms. The third kappa shape index (κ3) is 17.0. The summed E-state index contributed by atoms with van der Waals surface area (Å²) in [4.78, 5) is 47.1. The molecule has 0 aliphatic carbocycles. The van der Waals surface area contributed by atoms with E-state index < -0.39 is 0 Å². The van der Waals surface area contributed by atoms with Crippen molar-refractivity contribution in [2.75, 3.05) is 0 Å². The molecule has 0 N–H and O–H groups in total. The van der Waals surface area contributed by atoms with Crippen molar-refractivity contribution in [3.05, 3.63) is 547 Å². The van der Waals surface area contributed by atoms with E-state index in [1.165, 1.54) is 147 Å². The topological polar surface area (TPSA) is 129 Å². The maximum absolute atomic E-state index is 5.06. The van der Waals surface area contributed by atoms with E-state index in [-0.39, 0.29) is 0 Å². The van der Waals surface area contributed by atoms with Gasteiger partial charge < -0.3 is 0 Å². The molecule has 0 spiro atoms. The van der Waals surface area contributed by atoms with Crippen LogP contribution in [0, 0.1) is 0 Å². The minimum atomic E-state index is 0.583. The number of fused-ring (bicyclic) bond motifs is 18. The van der Waals surface area contributed by atoms with Crippen LogP contribution in [0.3, 0.4) is 0 Å². The largest absolute Gasteiger partial charge is 0.265 e. The molecule has 0 atom stereocenters. The lowest BCUT2D eigenvalue weighted by molar-refractivity contribution is 1.07. The highest BCUT2D eigenvalue weighted by atomic mass is 15.0. The zero-order valence-electron chi connectivity index (χ0n) is 81.4. The summed E-state index contributed by atoms with van der Waals surface area (Å²) in [7, 11) is 0. The molecule has 0 fully saturated rings. The van der Waals surface area contributed by atoms with Gasteiger partial charge in [-0.3, -0.25) is 9.97 Å². The van der Waals surface area contributed by atoms with Gasteiger partial charge in [0.1, 0.15) is 6.33 Å². The van der Waals surface area contributed by atoms with Gasteiger partial charge in [0, 0.05) is 69.9 Å². The molecule has 5 aromatic heterocycles. The quantitative estimate of drug-likeness (QED) is 0.0862. The molecule has 10 nitrogen and oxygen atoms in total. The van der Waals surface area contributed by atoms with Gasteiger partial charge in [-0.05, 0) is 246 Å². The fourth-order valence-corrected chi connectivity index (χ4v) is 21.9. The van der Waals surface area contributed by atoms with E-state index in [9.17, 15) is 0 Å². The second-order valence-electron chi connectivity index (χ2n) is 37.4. The van der Waals surface area contributed by atoms with Crippen LogP contribution in [0.4, 0.5) is 0 Å². The predicted octanol–water partition coefficient (Wildman–Crippen LogP) is 36.1. The number of rotatable bonds is 16. The summed E-state index contributed by atoms with van der Waals surface area (Å²) >= 11 is 0. The van der Waals surface area contributed by atoms with Crippen LogP contribution in [0.25, 0.3) is 277 Å². The number of aromatic nitrogens is 10. The Balaban J connectivity index is 0.000000114. The van der Waals surface area contributed by atoms with Crippen molar-refractivity contribution in [1.82, 2.24) is 49.8 Å². The molecule has 23 aromatic carbocycles. The Kier molecular flexibility index (Phi) is 23.9. The van der Waals surface area contributed by atoms with Crippen LogP contribution in [0.2, 0.25) is 0 Å². The number of hydrogen-bond donors (Lipinski definition) is 0. The Hall–Kier alpha value is -20.2. The van der Waals surface area contributed by atoms with Crippen molar-refractivity contribution in [2.45, 2.75) is 0 Å². The van der Waals surface area contributed by atoms with Gasteiger partial charge in [0.05, 0.1) is 5.69 Å². The third-order valence-corrected chi connectivity index (χ3v) is 28.8. The van der Waals surface area contributed by atoms with E-state index in [1.807, 2.05) is 97.2 Å². The first-order chi connectivity index (χ1) is 74.5. The van der Waals surface area contributed by atoms with E-state index in [2.05, 4.69) is 443 Å². The summed E-state index contributed by atoms with van der Waals surface area (Å²) in [6.45, 7) is 0. The third-order valence-electron chi connectivity index (χ3n) is 28.8. The van der Waals surface area contributed by atoms with Crippen LogP contribution < -0.4 is 0 Å². The zero-order chi connectivity index (χ0) is 99.6. The van der Waals surface area contributed by atoms with Crippen LogP contribution >= 0.6 is 0 Å². The molecule has 0 saturated carbocycles. The maximum atomic E-state index is 5.06. The number of nitrogens with zero attached hydrogens (tertiary/aromatic N) is 10. The SMILES string of the molecule is c1ccc(-c2ccccc2-c2ccccc2-c2nc(-c3ccncc3)nc(-c3ccncc3)n2)c(-c2ccc3c4ccccc4c4ccccc4c3c2)c1.c1ccc(-c2nccc(-c3ccccc3-c3ccccc3-c3ccccc3-c3ccc4c5ccccc5c5ccccc5c4c3)n2)cc1.c1ccc(-c2ncnc(-c3ccccc3-c3ccccc3-c3ccccc3-c3ccc4c5ccccc5c5ccccc5c4c3)n2)cc1. The molecule has 700 valence electrons. The minimum absolute atomic E-state index is 0.583. The molecule has 0 aliphatic rings. The Bertz CT molecular complexity index is 9530. The number of benzene rings is 23. The van der Waals surface area contributed by atoms with Gasteiger partial charge in [-0.1, -0.05) is 461 Å². The standard InChI is InChI=1S/C49H31N5.C46H30N2.C45H29N3/c1-2-12-36(35(11-1)34-21-22-44-41-17-6-4-14-38(41)40-16-7-8-19-43(40)46(44)31-34)37-13-3-5-15-39(37)42-18-9-10-20-45(42)49-53-47(32-23-27-50-28-24-32)52-48(54-49)33-25-29-51-30-26-33;1-2-14-31(15-3-1)46-47-29-28-45(48-46)43-25-13-12-23-40(43)37-20-8-6-18-35(37)34-17-5-4-16-33(34)32-26-27-42-39-22-9-7-19-36(39)38-21-10-11-24-41(38)44(42)30-32;1-2-14-30(15-3-1)44-46-29-47-45(48-44)42-25-13-12-23-39(42)36-20-8-6-18-34(36)33-17-5-4-16-32(33)31-26-27-41-38-22-9-7-19-35(38)37-21-10-11-24-40(37)43(41)28-31/h1-31H;1-30H;1-29H. The molecule has 0 aliphatic heterocycles. The Morgan fingerprint density at radius 3 is 0.627 bits per heavy atom. The van der Waals surface area contributed by atoms with Crippen molar-refractivity contribution in [3.8, 4) is 180 Å². The molecular formula is C140H90N10. The zero-order valence-corrected chi connectivity index (χ0v) is 81.4. The van der Waals surface area contributed by atoms with Gasteiger partial charge in [-0.15, -0.1) is 0 Å². The average Bonchev–Trinajstić information content (AvgIpc) is 0.741. The summed E-state index contributed by atoms with van der Waals surface area (Å²) in [5, 5.41) is 22.9. The van der Waals surface area contributed by atoms with E-state index in [1.54, 1.807) is 31.1 Å². The molecule has 5 heterocycles. The van der Waals surface area contributed by atoms with Crippen molar-refractivity contribution in [1.29, 1.82) is 0 Å². The normalized spacial score (nSPS) is 11.3. The highest BCUT2D eigenvalue weighted by Gasteiger charge is 2.26. The molecule has 0 radical (unpaired) electrons. The molecule has 150 heavy (non-hydrogen) atoms. The van der Waals surface area contributed by atoms with Crippen LogP contribution in [0.15, 0.2) is 547 Å². The summed E-state index contributed by atoms with van der Waals surface area (Å²) in [6.07, 6.45) is 10.5. The summed E-state index contributed by atoms with van der Waals surface area (Å²) < 4.78 is 0. The van der Waals surface area contributed by atoms with E-state index in [0.29, 0.717) is 29.1 Å². The molecule has 0 unspecified atom stereocenters. The van der Waals surface area contributed by atoms with Gasteiger partial charge in [-0.25, -0.2) is 39.9 Å². The molecule has 0 amide bonds. The Morgan fingerprint density at radius 2 is 0.313 bits per heavy atom. The van der Waals surface area contributed by atoms with Gasteiger partial charge in [-0.2, -0.15) is 0 Å². The van der Waals surface area contributed by atoms with Crippen LogP contribution in [-0.4, -0.2) is 49.8 Å². The lowest BCUT2D eigenvalue weighted by Gasteiger charge is -2.18. The van der Waals surface area contributed by atoms with E-state index in [4.69, 9.17) is 24.9 Å². The Labute approximate surface area is 867 Å². The molecule has 10 heteroatoms. The van der Waals surface area contributed by atoms with Crippen molar-refractivity contribution >= 4 is 97.0 Å². The van der Waals surface area contributed by atoms with E-state index >= 15 is 0 Å². The number of hydrogen-bond acceptors (Lipinski definition) is 10. The first-order valence-corrected chi connectivity index (χ1v) is 50.5. The summed E-state index contributed by atoms with van der Waals surface area (Å²) in [5.41, 5.74) is 28.3. The summed E-state index contributed by atoms with van der Waals surface area (Å²) in [6, 6.07) is 181. The Morgan fingerprint density at radius 1 is 0.107 bits per heavy atom. The molecule has 28 rings (SSSR count). The lowest BCUT2D eigenvalue weighted by Crippen LogP contribution is -2.01. The highest BCUT2D eigenvalue weighted by molar-refractivity contribution is 6.29. The van der Waals surface area contributed by atoms with Crippen LogP contribution in [0.1, 0.15) is 0 Å². The lowest BCUT2D eigenvalue weighted by atomic mass is 9.86. The second kappa shape index (κ2) is 39.8. The number of pyridine rings is 2. The van der Waals surface area contributed by atoms with E-state index in [0.717, 1.165) is 101 Å². The highest BCUT2D eigenvalue weighted by Crippen LogP contribution is 2.50. The monoisotopic (exact) mass is 1910 g/mol. The average molecular weight is 1910 g/mol. The first-order valence-electron chi connectivity index (χ1n) is 50.5. The smallest absolute Gasteiger partial charge is 0.164 e. The van der Waals surface area contributed by atoms with Crippen LogP contribution in [0.5, 0.6) is 0 Å². The molecule has 28 aromatic rings. The van der Waals surface area contributed by atoms with Gasteiger partial charge in [0.15, 0.2) is 34.9 Å². The second-order valence-corrected chi connectivity index (χ2v) is 37.4. The summed E-state index contributed by atoms with van der Waals surface area (Å²) in [5.74, 6) is 3.79. The molecular weight excluding hydrogens is 1820 g/mol. The van der Waals surface area contributed by atoms with Crippen LogP contribution in [-0.2, 0) is 0 Å². The fraction of sp³-hybridized carbons (Fsp3) is 0. The minimum Gasteiger partial charge on any atom is -0.265 e. The molecule has 0 saturated heterocycles. The predicted molar refractivity (Wildman–Crippen MR) is 622 cm³/mol.